The van der Waals surface area contributed by atoms with E-state index in [1.54, 1.807) is 12.1 Å². The molecule has 0 spiro atoms. The summed E-state index contributed by atoms with van der Waals surface area (Å²) in [5, 5.41) is 10.7. The van der Waals surface area contributed by atoms with E-state index in [0.29, 0.717) is 16.6 Å². The first kappa shape index (κ1) is 13.9. The number of rotatable bonds is 2. The standard InChI is InChI=1S/C17H14N2O3/c1-22-17(21)14-9-15(20)12-7-11(8-13(18)16(12)19-14)10-5-3-2-4-6-10/h2-9H,18H2,1H3,(H,19,20). The zero-order valence-corrected chi connectivity index (χ0v) is 11.9. The molecule has 1 aromatic heterocycles. The molecule has 0 saturated heterocycles. The third kappa shape index (κ3) is 2.33. The first-order chi connectivity index (χ1) is 10.6. The minimum atomic E-state index is -0.622. The molecule has 0 radical (unpaired) electrons. The Kier molecular flexibility index (Phi) is 3.39. The average Bonchev–Trinajstić information content (AvgIpc) is 2.55. The van der Waals surface area contributed by atoms with Gasteiger partial charge < -0.3 is 15.6 Å². The van der Waals surface area contributed by atoms with Crippen molar-refractivity contribution in [2.24, 2.45) is 0 Å². The highest BCUT2D eigenvalue weighted by molar-refractivity contribution is 6.00. The first-order valence-electron chi connectivity index (χ1n) is 6.67. The number of fused-ring (bicyclic) bond motifs is 1. The number of carbonyl (C=O) groups is 1. The largest absolute Gasteiger partial charge is 0.507 e. The van der Waals surface area contributed by atoms with Gasteiger partial charge in [0, 0.05) is 11.5 Å². The van der Waals surface area contributed by atoms with E-state index in [2.05, 4.69) is 9.72 Å². The van der Waals surface area contributed by atoms with E-state index < -0.39 is 5.97 Å². The number of pyridine rings is 1. The van der Waals surface area contributed by atoms with Crippen LogP contribution in [0.5, 0.6) is 5.75 Å². The summed E-state index contributed by atoms with van der Waals surface area (Å²) < 4.78 is 4.62. The molecule has 3 rings (SSSR count). The number of nitrogens with two attached hydrogens (primary N) is 1. The van der Waals surface area contributed by atoms with Gasteiger partial charge in [-0.1, -0.05) is 30.3 Å². The fourth-order valence-corrected chi connectivity index (χ4v) is 2.34. The first-order valence-corrected chi connectivity index (χ1v) is 6.67. The van der Waals surface area contributed by atoms with Gasteiger partial charge in [-0.2, -0.15) is 0 Å². The van der Waals surface area contributed by atoms with Crippen molar-refractivity contribution in [1.29, 1.82) is 0 Å². The molecule has 3 aromatic rings. The summed E-state index contributed by atoms with van der Waals surface area (Å²) in [4.78, 5) is 15.8. The Labute approximate surface area is 127 Å². The fraction of sp³-hybridized carbons (Fsp3) is 0.0588. The van der Waals surface area contributed by atoms with Crippen LogP contribution in [0, 0.1) is 0 Å². The summed E-state index contributed by atoms with van der Waals surface area (Å²) in [6, 6.07) is 14.5. The van der Waals surface area contributed by atoms with E-state index in [-0.39, 0.29) is 11.4 Å². The number of aromatic hydroxyl groups is 1. The molecule has 1 heterocycles. The van der Waals surface area contributed by atoms with Gasteiger partial charge in [-0.15, -0.1) is 0 Å². The van der Waals surface area contributed by atoms with Gasteiger partial charge in [0.1, 0.15) is 5.75 Å². The Bertz CT molecular complexity index is 861. The smallest absolute Gasteiger partial charge is 0.356 e. The van der Waals surface area contributed by atoms with E-state index in [0.717, 1.165) is 11.1 Å². The molecule has 0 atom stereocenters. The highest BCUT2D eigenvalue weighted by atomic mass is 16.5. The van der Waals surface area contributed by atoms with Crippen LogP contribution in [0.25, 0.3) is 22.0 Å². The Hall–Kier alpha value is -3.08. The third-order valence-electron chi connectivity index (χ3n) is 3.42. The highest BCUT2D eigenvalue weighted by Crippen LogP contribution is 2.33. The fourth-order valence-electron chi connectivity index (χ4n) is 2.34. The number of carbonyl (C=O) groups excluding carboxylic acids is 1. The lowest BCUT2D eigenvalue weighted by Gasteiger charge is -2.09. The molecule has 0 bridgehead atoms. The maximum atomic E-state index is 11.6. The lowest BCUT2D eigenvalue weighted by atomic mass is 10.0. The van der Waals surface area contributed by atoms with Gasteiger partial charge in [0.2, 0.25) is 0 Å². The Morgan fingerprint density at radius 1 is 1.14 bits per heavy atom. The van der Waals surface area contributed by atoms with Gasteiger partial charge >= 0.3 is 5.97 Å². The van der Waals surface area contributed by atoms with Crippen LogP contribution in [0.4, 0.5) is 5.69 Å². The zero-order chi connectivity index (χ0) is 15.7. The molecule has 0 aliphatic rings. The summed E-state index contributed by atoms with van der Waals surface area (Å²) in [5.74, 6) is -0.682. The lowest BCUT2D eigenvalue weighted by molar-refractivity contribution is 0.0594. The number of nitrogen functional groups attached to an aromatic ring is 1. The maximum Gasteiger partial charge on any atom is 0.356 e. The molecule has 0 aliphatic heterocycles. The molecule has 3 N–H and O–H groups in total. The van der Waals surface area contributed by atoms with E-state index >= 15 is 0 Å². The maximum absolute atomic E-state index is 11.6. The van der Waals surface area contributed by atoms with Crippen molar-refractivity contribution >= 4 is 22.6 Å². The third-order valence-corrected chi connectivity index (χ3v) is 3.42. The van der Waals surface area contributed by atoms with Crippen LogP contribution in [0.3, 0.4) is 0 Å². The highest BCUT2D eigenvalue weighted by Gasteiger charge is 2.14. The summed E-state index contributed by atoms with van der Waals surface area (Å²) in [6.45, 7) is 0. The topological polar surface area (TPSA) is 85.4 Å². The molecule has 2 aromatic carbocycles. The van der Waals surface area contributed by atoms with Crippen molar-refractivity contribution in [3.63, 3.8) is 0 Å². The normalized spacial score (nSPS) is 10.6. The van der Waals surface area contributed by atoms with Crippen molar-refractivity contribution < 1.29 is 14.6 Å². The van der Waals surface area contributed by atoms with Gasteiger partial charge in [0.15, 0.2) is 5.69 Å². The van der Waals surface area contributed by atoms with Crippen LogP contribution in [0.1, 0.15) is 10.5 Å². The van der Waals surface area contributed by atoms with Crippen LogP contribution >= 0.6 is 0 Å². The molecule has 0 aliphatic carbocycles. The molecule has 5 nitrogen and oxygen atoms in total. The molecule has 110 valence electrons. The van der Waals surface area contributed by atoms with E-state index in [4.69, 9.17) is 5.73 Å². The minimum absolute atomic E-state index is 0.0201. The average molecular weight is 294 g/mol. The van der Waals surface area contributed by atoms with Crippen molar-refractivity contribution in [3.8, 4) is 16.9 Å². The second-order valence-corrected chi connectivity index (χ2v) is 4.85. The zero-order valence-electron chi connectivity index (χ0n) is 11.9. The monoisotopic (exact) mass is 294 g/mol. The van der Waals surface area contributed by atoms with Crippen LogP contribution in [0.15, 0.2) is 48.5 Å². The molecular weight excluding hydrogens is 280 g/mol. The van der Waals surface area contributed by atoms with Crippen LogP contribution in [-0.2, 0) is 4.74 Å². The second kappa shape index (κ2) is 5.37. The number of hydrogen-bond donors (Lipinski definition) is 2. The summed E-state index contributed by atoms with van der Waals surface area (Å²) in [6.07, 6.45) is 0. The van der Waals surface area contributed by atoms with Crippen LogP contribution < -0.4 is 5.73 Å². The number of benzene rings is 2. The SMILES string of the molecule is COC(=O)c1cc(O)c2cc(-c3ccccc3)cc(N)c2n1. The van der Waals surface area contributed by atoms with Gasteiger partial charge in [-0.3, -0.25) is 0 Å². The van der Waals surface area contributed by atoms with Crippen molar-refractivity contribution in [2.45, 2.75) is 0 Å². The number of nitrogens with zero attached hydrogens (tertiary/aromatic N) is 1. The number of aromatic nitrogens is 1. The number of methoxy groups -OCH3 is 1. The van der Waals surface area contributed by atoms with E-state index in [1.807, 2.05) is 30.3 Å². The Morgan fingerprint density at radius 2 is 1.86 bits per heavy atom. The molecule has 0 fully saturated rings. The number of esters is 1. The van der Waals surface area contributed by atoms with Crippen LogP contribution in [-0.4, -0.2) is 23.2 Å². The molecule has 22 heavy (non-hydrogen) atoms. The predicted octanol–water partition coefficient (Wildman–Crippen LogP) is 2.98. The minimum Gasteiger partial charge on any atom is -0.507 e. The van der Waals surface area contributed by atoms with Crippen LogP contribution in [0.2, 0.25) is 0 Å². The van der Waals surface area contributed by atoms with Gasteiger partial charge in [-0.05, 0) is 23.3 Å². The molecular formula is C17H14N2O3. The van der Waals surface area contributed by atoms with Crippen molar-refractivity contribution in [1.82, 2.24) is 4.98 Å². The number of anilines is 1. The Morgan fingerprint density at radius 3 is 2.55 bits per heavy atom. The van der Waals surface area contributed by atoms with Gasteiger partial charge in [-0.25, -0.2) is 9.78 Å². The van der Waals surface area contributed by atoms with Gasteiger partial charge in [0.25, 0.3) is 0 Å². The molecule has 0 saturated carbocycles. The molecule has 0 unspecified atom stereocenters. The second-order valence-electron chi connectivity index (χ2n) is 4.85. The van der Waals surface area contributed by atoms with E-state index in [1.165, 1.54) is 13.2 Å². The lowest BCUT2D eigenvalue weighted by Crippen LogP contribution is -2.05. The van der Waals surface area contributed by atoms with Crippen molar-refractivity contribution in [2.75, 3.05) is 12.8 Å². The number of ether oxygens (including phenoxy) is 1. The summed E-state index contributed by atoms with van der Waals surface area (Å²) in [7, 11) is 1.26. The predicted molar refractivity (Wildman–Crippen MR) is 84.6 cm³/mol. The number of hydrogen-bond acceptors (Lipinski definition) is 5. The summed E-state index contributed by atoms with van der Waals surface area (Å²) in [5.41, 5.74) is 8.68. The quantitative estimate of drug-likeness (QED) is 0.560. The Balaban J connectivity index is 2.23. The van der Waals surface area contributed by atoms with Gasteiger partial charge in [0.05, 0.1) is 18.3 Å². The summed E-state index contributed by atoms with van der Waals surface area (Å²) >= 11 is 0. The van der Waals surface area contributed by atoms with Crippen molar-refractivity contribution in [3.05, 3.63) is 54.2 Å². The van der Waals surface area contributed by atoms with E-state index in [9.17, 15) is 9.90 Å². The molecule has 5 heteroatoms. The molecule has 0 amide bonds.